The molecule has 3 heteroatoms. The number of nitrogens with one attached hydrogen (secondary N) is 1. The third kappa shape index (κ3) is 3.20. The SMILES string of the molecule is COc1c(C)cccc1CCN1CCNCC1. The van der Waals surface area contributed by atoms with Crippen molar-refractivity contribution < 1.29 is 4.74 Å². The van der Waals surface area contributed by atoms with E-state index < -0.39 is 0 Å². The predicted molar refractivity (Wildman–Crippen MR) is 70.7 cm³/mol. The highest BCUT2D eigenvalue weighted by Gasteiger charge is 2.11. The minimum Gasteiger partial charge on any atom is -0.496 e. The molecule has 0 saturated carbocycles. The molecule has 1 fully saturated rings. The van der Waals surface area contributed by atoms with Crippen LogP contribution in [0.2, 0.25) is 0 Å². The van der Waals surface area contributed by atoms with Gasteiger partial charge in [-0.25, -0.2) is 0 Å². The molecule has 1 aliphatic rings. The highest BCUT2D eigenvalue weighted by atomic mass is 16.5. The van der Waals surface area contributed by atoms with Crippen molar-refractivity contribution in [3.8, 4) is 5.75 Å². The van der Waals surface area contributed by atoms with Crippen LogP contribution in [0.1, 0.15) is 11.1 Å². The number of piperazine rings is 1. The molecular weight excluding hydrogens is 212 g/mol. The van der Waals surface area contributed by atoms with Gasteiger partial charge in [0, 0.05) is 32.7 Å². The molecule has 0 aromatic heterocycles. The van der Waals surface area contributed by atoms with Crippen LogP contribution in [0.3, 0.4) is 0 Å². The predicted octanol–water partition coefficient (Wildman–Crippen LogP) is 1.45. The van der Waals surface area contributed by atoms with E-state index in [1.54, 1.807) is 7.11 Å². The van der Waals surface area contributed by atoms with Gasteiger partial charge in [0.15, 0.2) is 0 Å². The van der Waals surface area contributed by atoms with Crippen molar-refractivity contribution in [3.05, 3.63) is 29.3 Å². The smallest absolute Gasteiger partial charge is 0.124 e. The van der Waals surface area contributed by atoms with Gasteiger partial charge in [0.1, 0.15) is 5.75 Å². The lowest BCUT2D eigenvalue weighted by Crippen LogP contribution is -2.44. The fourth-order valence-electron chi connectivity index (χ4n) is 2.42. The lowest BCUT2D eigenvalue weighted by atomic mass is 10.1. The van der Waals surface area contributed by atoms with Gasteiger partial charge < -0.3 is 15.0 Å². The van der Waals surface area contributed by atoms with Crippen LogP contribution in [0, 0.1) is 6.92 Å². The minimum atomic E-state index is 1.06. The van der Waals surface area contributed by atoms with E-state index in [9.17, 15) is 0 Å². The lowest BCUT2D eigenvalue weighted by molar-refractivity contribution is 0.243. The normalized spacial score (nSPS) is 17.1. The van der Waals surface area contributed by atoms with Crippen LogP contribution in [0.5, 0.6) is 5.75 Å². The van der Waals surface area contributed by atoms with Gasteiger partial charge in [-0.2, -0.15) is 0 Å². The van der Waals surface area contributed by atoms with E-state index >= 15 is 0 Å². The molecule has 0 amide bonds. The standard InChI is InChI=1S/C14H22N2O/c1-12-4-3-5-13(14(12)17-2)6-9-16-10-7-15-8-11-16/h3-5,15H,6-11H2,1-2H3. The lowest BCUT2D eigenvalue weighted by Gasteiger charge is -2.27. The Bertz CT molecular complexity index is 359. The average molecular weight is 234 g/mol. The second-order valence-corrected chi connectivity index (χ2v) is 4.61. The zero-order valence-corrected chi connectivity index (χ0v) is 10.8. The fraction of sp³-hybridized carbons (Fsp3) is 0.571. The van der Waals surface area contributed by atoms with Crippen molar-refractivity contribution in [3.63, 3.8) is 0 Å². The summed E-state index contributed by atoms with van der Waals surface area (Å²) in [7, 11) is 1.76. The third-order valence-electron chi connectivity index (χ3n) is 3.40. The summed E-state index contributed by atoms with van der Waals surface area (Å²) in [6, 6.07) is 6.39. The van der Waals surface area contributed by atoms with E-state index in [0.29, 0.717) is 0 Å². The van der Waals surface area contributed by atoms with Crippen molar-refractivity contribution >= 4 is 0 Å². The molecule has 2 rings (SSSR count). The zero-order valence-electron chi connectivity index (χ0n) is 10.8. The van der Waals surface area contributed by atoms with E-state index in [2.05, 4.69) is 35.3 Å². The van der Waals surface area contributed by atoms with Gasteiger partial charge in [0.05, 0.1) is 7.11 Å². The molecule has 3 nitrogen and oxygen atoms in total. The maximum atomic E-state index is 5.49. The van der Waals surface area contributed by atoms with Crippen LogP contribution in [-0.4, -0.2) is 44.7 Å². The number of ether oxygens (including phenoxy) is 1. The van der Waals surface area contributed by atoms with Gasteiger partial charge in [-0.05, 0) is 24.5 Å². The molecule has 1 aromatic carbocycles. The molecule has 1 aliphatic heterocycles. The van der Waals surface area contributed by atoms with E-state index in [-0.39, 0.29) is 0 Å². The molecule has 0 aliphatic carbocycles. The Morgan fingerprint density at radius 1 is 1.29 bits per heavy atom. The van der Waals surface area contributed by atoms with Gasteiger partial charge in [-0.1, -0.05) is 18.2 Å². The molecule has 17 heavy (non-hydrogen) atoms. The second-order valence-electron chi connectivity index (χ2n) is 4.61. The molecule has 1 heterocycles. The molecule has 1 N–H and O–H groups in total. The number of benzene rings is 1. The summed E-state index contributed by atoms with van der Waals surface area (Å²) in [5.74, 6) is 1.06. The highest BCUT2D eigenvalue weighted by Crippen LogP contribution is 2.23. The summed E-state index contributed by atoms with van der Waals surface area (Å²) in [6.45, 7) is 7.78. The Labute approximate surface area is 104 Å². The van der Waals surface area contributed by atoms with Gasteiger partial charge in [0.2, 0.25) is 0 Å². The summed E-state index contributed by atoms with van der Waals surface area (Å²) in [5, 5.41) is 3.38. The van der Waals surface area contributed by atoms with Crippen LogP contribution >= 0.6 is 0 Å². The molecule has 0 spiro atoms. The van der Waals surface area contributed by atoms with Crippen molar-refractivity contribution in [2.45, 2.75) is 13.3 Å². The molecule has 0 atom stereocenters. The van der Waals surface area contributed by atoms with Crippen LogP contribution in [-0.2, 0) is 6.42 Å². The zero-order chi connectivity index (χ0) is 12.1. The highest BCUT2D eigenvalue weighted by molar-refractivity contribution is 5.40. The maximum Gasteiger partial charge on any atom is 0.124 e. The molecule has 1 saturated heterocycles. The van der Waals surface area contributed by atoms with Crippen LogP contribution in [0.15, 0.2) is 18.2 Å². The largest absolute Gasteiger partial charge is 0.496 e. The summed E-state index contributed by atoms with van der Waals surface area (Å²) in [5.41, 5.74) is 2.55. The number of methoxy groups -OCH3 is 1. The number of rotatable bonds is 4. The fourth-order valence-corrected chi connectivity index (χ4v) is 2.42. The van der Waals surface area contributed by atoms with E-state index in [4.69, 9.17) is 4.74 Å². The topological polar surface area (TPSA) is 24.5 Å². The van der Waals surface area contributed by atoms with E-state index in [1.807, 2.05) is 0 Å². The first-order chi connectivity index (χ1) is 8.31. The van der Waals surface area contributed by atoms with Gasteiger partial charge in [-0.15, -0.1) is 0 Å². The first kappa shape index (κ1) is 12.4. The molecule has 94 valence electrons. The Kier molecular flexibility index (Phi) is 4.40. The van der Waals surface area contributed by atoms with Crippen LogP contribution < -0.4 is 10.1 Å². The molecule has 1 aromatic rings. The van der Waals surface area contributed by atoms with Crippen LogP contribution in [0.25, 0.3) is 0 Å². The third-order valence-corrected chi connectivity index (χ3v) is 3.40. The molecular formula is C14H22N2O. The molecule has 0 unspecified atom stereocenters. The van der Waals surface area contributed by atoms with Gasteiger partial charge in [-0.3, -0.25) is 0 Å². The quantitative estimate of drug-likeness (QED) is 0.853. The summed E-state index contributed by atoms with van der Waals surface area (Å²) >= 11 is 0. The Morgan fingerprint density at radius 2 is 2.06 bits per heavy atom. The number of para-hydroxylation sites is 1. The van der Waals surface area contributed by atoms with Gasteiger partial charge in [0.25, 0.3) is 0 Å². The number of hydrogen-bond donors (Lipinski definition) is 1. The minimum absolute atomic E-state index is 1.06. The van der Waals surface area contributed by atoms with Crippen molar-refractivity contribution in [1.82, 2.24) is 10.2 Å². The van der Waals surface area contributed by atoms with Gasteiger partial charge >= 0.3 is 0 Å². The summed E-state index contributed by atoms with van der Waals surface area (Å²) < 4.78 is 5.49. The van der Waals surface area contributed by atoms with Crippen molar-refractivity contribution in [2.75, 3.05) is 39.8 Å². The Balaban J connectivity index is 1.95. The van der Waals surface area contributed by atoms with Crippen LogP contribution in [0.4, 0.5) is 0 Å². The Morgan fingerprint density at radius 3 is 2.76 bits per heavy atom. The average Bonchev–Trinajstić information content (AvgIpc) is 2.37. The summed E-state index contributed by atoms with van der Waals surface area (Å²) in [4.78, 5) is 2.51. The van der Waals surface area contributed by atoms with Crippen molar-refractivity contribution in [1.29, 1.82) is 0 Å². The van der Waals surface area contributed by atoms with Crippen molar-refractivity contribution in [2.24, 2.45) is 0 Å². The van der Waals surface area contributed by atoms with E-state index in [0.717, 1.165) is 44.9 Å². The number of aryl methyl sites for hydroxylation is 1. The first-order valence-corrected chi connectivity index (χ1v) is 6.37. The van der Waals surface area contributed by atoms with E-state index in [1.165, 1.54) is 11.1 Å². The number of nitrogens with zero attached hydrogens (tertiary/aromatic N) is 1. The monoisotopic (exact) mass is 234 g/mol. The Hall–Kier alpha value is -1.06. The number of hydrogen-bond acceptors (Lipinski definition) is 3. The first-order valence-electron chi connectivity index (χ1n) is 6.37. The molecule has 0 radical (unpaired) electrons. The second kappa shape index (κ2) is 6.03. The molecule has 0 bridgehead atoms. The maximum absolute atomic E-state index is 5.49. The summed E-state index contributed by atoms with van der Waals surface area (Å²) in [6.07, 6.45) is 1.07.